The summed E-state index contributed by atoms with van der Waals surface area (Å²) < 4.78 is 0. The van der Waals surface area contributed by atoms with Crippen LogP contribution >= 0.6 is 0 Å². The molecule has 174 valence electrons. The van der Waals surface area contributed by atoms with E-state index in [0.717, 1.165) is 0 Å². The normalized spacial score (nSPS) is 18.2. The topological polar surface area (TPSA) is 216 Å². The second-order valence-electron chi connectivity index (χ2n) is 7.38. The second-order valence-corrected chi connectivity index (χ2v) is 7.38. The molecule has 0 bridgehead atoms. The van der Waals surface area contributed by atoms with Gasteiger partial charge in [-0.05, 0) is 12.0 Å². The maximum absolute atomic E-state index is 12.6. The Morgan fingerprint density at radius 3 is 2.23 bits per heavy atom. The lowest BCUT2D eigenvalue weighted by atomic mass is 9.85. The molecule has 0 aliphatic rings. The zero-order chi connectivity index (χ0) is 23.8. The highest BCUT2D eigenvalue weighted by molar-refractivity contribution is 5.88. The SMILES string of the molecule is CCC[C@H](N)C(=O)[C@@H](CO)[C@@H](O)[C@@H](O)[C@](N)(O)C(=O)NC(CC(=O)O)c1ccccc1. The van der Waals surface area contributed by atoms with Gasteiger partial charge in [0, 0.05) is 0 Å². The summed E-state index contributed by atoms with van der Waals surface area (Å²) >= 11 is 0. The van der Waals surface area contributed by atoms with Crippen LogP contribution in [0.25, 0.3) is 0 Å². The van der Waals surface area contributed by atoms with E-state index in [2.05, 4.69) is 5.32 Å². The number of hydrogen-bond acceptors (Lipinski definition) is 9. The molecule has 0 spiro atoms. The third-order valence-electron chi connectivity index (χ3n) is 4.96. The number of amides is 1. The van der Waals surface area contributed by atoms with E-state index in [-0.39, 0.29) is 6.42 Å². The maximum Gasteiger partial charge on any atom is 0.305 e. The van der Waals surface area contributed by atoms with E-state index >= 15 is 0 Å². The summed E-state index contributed by atoms with van der Waals surface area (Å²) in [6.45, 7) is 0.868. The standard InChI is InChI=1S/C20H31N3O8/c1-2-6-13(21)16(27)12(10-24)17(28)18(29)20(22,31)19(30)23-14(9-15(25)26)11-7-4-3-5-8-11/h3-5,7-8,12-14,17-18,24,28-29,31H,2,6,9-10,21-22H2,1H3,(H,23,30)(H,25,26)/t12-,13+,14?,17-,18-,20+/m1/s1. The molecule has 6 atom stereocenters. The van der Waals surface area contributed by atoms with Gasteiger partial charge in [0.2, 0.25) is 5.72 Å². The van der Waals surface area contributed by atoms with Gasteiger partial charge >= 0.3 is 5.97 Å². The predicted octanol–water partition coefficient (Wildman–Crippen LogP) is -2.01. The van der Waals surface area contributed by atoms with Crippen molar-refractivity contribution in [1.29, 1.82) is 0 Å². The summed E-state index contributed by atoms with van der Waals surface area (Å²) in [5.41, 5.74) is 8.55. The smallest absolute Gasteiger partial charge is 0.305 e. The van der Waals surface area contributed by atoms with Crippen LogP contribution in [0.15, 0.2) is 30.3 Å². The summed E-state index contributed by atoms with van der Waals surface area (Å²) in [7, 11) is 0. The van der Waals surface area contributed by atoms with Gasteiger partial charge in [-0.15, -0.1) is 0 Å². The molecule has 0 saturated heterocycles. The van der Waals surface area contributed by atoms with Gasteiger partial charge in [-0.2, -0.15) is 0 Å². The van der Waals surface area contributed by atoms with Gasteiger partial charge < -0.3 is 36.6 Å². The Kier molecular flexibility index (Phi) is 10.2. The number of carboxylic acids is 1. The second kappa shape index (κ2) is 11.8. The van der Waals surface area contributed by atoms with Crippen molar-refractivity contribution in [2.75, 3.05) is 6.61 Å². The number of carboxylic acid groups (broad SMARTS) is 1. The summed E-state index contributed by atoms with van der Waals surface area (Å²) in [6, 6.07) is 5.87. The van der Waals surface area contributed by atoms with E-state index in [4.69, 9.17) is 16.6 Å². The molecule has 0 fully saturated rings. The average Bonchev–Trinajstić information content (AvgIpc) is 2.73. The van der Waals surface area contributed by atoms with Gasteiger partial charge in [0.1, 0.15) is 6.10 Å². The quantitative estimate of drug-likeness (QED) is 0.157. The fourth-order valence-corrected chi connectivity index (χ4v) is 3.10. The van der Waals surface area contributed by atoms with Crippen LogP contribution in [0.4, 0.5) is 0 Å². The maximum atomic E-state index is 12.6. The van der Waals surface area contributed by atoms with Gasteiger partial charge in [0.25, 0.3) is 5.91 Å². The molecule has 0 heterocycles. The number of carbonyl (C=O) groups is 3. The Bertz CT molecular complexity index is 743. The molecular formula is C20H31N3O8. The lowest BCUT2D eigenvalue weighted by Crippen LogP contribution is -2.66. The monoisotopic (exact) mass is 441 g/mol. The van der Waals surface area contributed by atoms with Crippen molar-refractivity contribution < 1.29 is 39.9 Å². The molecule has 11 nitrogen and oxygen atoms in total. The van der Waals surface area contributed by atoms with Gasteiger partial charge in [-0.3, -0.25) is 20.1 Å². The summed E-state index contributed by atoms with van der Waals surface area (Å²) in [6.07, 6.45) is -4.23. The fraction of sp³-hybridized carbons (Fsp3) is 0.550. The Labute approximate surface area is 179 Å². The fourth-order valence-electron chi connectivity index (χ4n) is 3.10. The van der Waals surface area contributed by atoms with Crippen molar-refractivity contribution in [1.82, 2.24) is 5.32 Å². The Morgan fingerprint density at radius 1 is 1.16 bits per heavy atom. The highest BCUT2D eigenvalue weighted by atomic mass is 16.4. The van der Waals surface area contributed by atoms with Gasteiger partial charge in [-0.25, -0.2) is 0 Å². The number of nitrogens with two attached hydrogens (primary N) is 2. The minimum atomic E-state index is -3.10. The van der Waals surface area contributed by atoms with E-state index in [1.165, 1.54) is 0 Å². The predicted molar refractivity (Wildman–Crippen MR) is 109 cm³/mol. The molecule has 1 amide bonds. The van der Waals surface area contributed by atoms with Crippen molar-refractivity contribution in [2.45, 2.75) is 56.2 Å². The van der Waals surface area contributed by atoms with Crippen LogP contribution in [0.3, 0.4) is 0 Å². The van der Waals surface area contributed by atoms with Gasteiger partial charge in [-0.1, -0.05) is 43.7 Å². The van der Waals surface area contributed by atoms with Crippen LogP contribution in [0.5, 0.6) is 0 Å². The van der Waals surface area contributed by atoms with Crippen LogP contribution in [0.2, 0.25) is 0 Å². The Morgan fingerprint density at radius 2 is 1.74 bits per heavy atom. The van der Waals surface area contributed by atoms with E-state index < -0.39 is 66.6 Å². The minimum Gasteiger partial charge on any atom is -0.481 e. The molecule has 10 N–H and O–H groups in total. The molecular weight excluding hydrogens is 410 g/mol. The first kappa shape index (κ1) is 26.6. The highest BCUT2D eigenvalue weighted by Crippen LogP contribution is 2.21. The zero-order valence-electron chi connectivity index (χ0n) is 17.2. The van der Waals surface area contributed by atoms with Crippen LogP contribution in [-0.4, -0.2) is 73.8 Å². The van der Waals surface area contributed by atoms with E-state index in [1.54, 1.807) is 37.3 Å². The number of aliphatic hydroxyl groups excluding tert-OH is 3. The van der Waals surface area contributed by atoms with E-state index in [9.17, 15) is 34.8 Å². The van der Waals surface area contributed by atoms with E-state index in [0.29, 0.717) is 12.0 Å². The summed E-state index contributed by atoms with van der Waals surface area (Å²) in [4.78, 5) is 36.1. The number of hydrogen-bond donors (Lipinski definition) is 8. The Hall–Kier alpha value is -2.41. The largest absolute Gasteiger partial charge is 0.481 e. The molecule has 0 radical (unpaired) electrons. The third kappa shape index (κ3) is 7.06. The van der Waals surface area contributed by atoms with Crippen LogP contribution in [0, 0.1) is 5.92 Å². The molecule has 0 aliphatic heterocycles. The zero-order valence-corrected chi connectivity index (χ0v) is 17.2. The van der Waals surface area contributed by atoms with Crippen molar-refractivity contribution in [3.63, 3.8) is 0 Å². The van der Waals surface area contributed by atoms with E-state index in [1.807, 2.05) is 0 Å². The molecule has 1 aromatic carbocycles. The molecule has 0 saturated carbocycles. The molecule has 0 aliphatic carbocycles. The average molecular weight is 441 g/mol. The number of aliphatic hydroxyl groups is 4. The van der Waals surface area contributed by atoms with Crippen LogP contribution in [-0.2, 0) is 14.4 Å². The third-order valence-corrected chi connectivity index (χ3v) is 4.96. The van der Waals surface area contributed by atoms with Crippen molar-refractivity contribution >= 4 is 17.7 Å². The molecule has 1 aromatic rings. The number of aliphatic carboxylic acids is 1. The highest BCUT2D eigenvalue weighted by Gasteiger charge is 2.48. The molecule has 0 aromatic heterocycles. The molecule has 11 heteroatoms. The molecule has 31 heavy (non-hydrogen) atoms. The van der Waals surface area contributed by atoms with Crippen molar-refractivity contribution in [2.24, 2.45) is 17.4 Å². The lowest BCUT2D eigenvalue weighted by molar-refractivity contribution is -0.172. The van der Waals surface area contributed by atoms with Crippen molar-refractivity contribution in [3.8, 4) is 0 Å². The number of benzene rings is 1. The van der Waals surface area contributed by atoms with Crippen molar-refractivity contribution in [3.05, 3.63) is 35.9 Å². The number of carbonyl (C=O) groups excluding carboxylic acids is 2. The summed E-state index contributed by atoms with van der Waals surface area (Å²) in [5.74, 6) is -4.98. The number of ketones is 1. The Balaban J connectivity index is 3.03. The van der Waals surface area contributed by atoms with Crippen LogP contribution in [0.1, 0.15) is 37.8 Å². The van der Waals surface area contributed by atoms with Gasteiger partial charge in [0.15, 0.2) is 5.78 Å². The first-order valence-electron chi connectivity index (χ1n) is 9.82. The van der Waals surface area contributed by atoms with Crippen LogP contribution < -0.4 is 16.8 Å². The molecule has 1 rings (SSSR count). The minimum absolute atomic E-state index is 0.263. The number of rotatable bonds is 13. The molecule has 1 unspecified atom stereocenters. The first-order valence-corrected chi connectivity index (χ1v) is 9.82. The summed E-state index contributed by atoms with van der Waals surface area (Å²) in [5, 5.41) is 51.9. The van der Waals surface area contributed by atoms with Gasteiger partial charge in [0.05, 0.1) is 37.1 Å². The lowest BCUT2D eigenvalue weighted by Gasteiger charge is -2.34. The number of nitrogens with one attached hydrogen (secondary N) is 1. The number of Topliss-reactive ketones (excluding diaryl/α,β-unsaturated/α-hetero) is 1. The first-order chi connectivity index (χ1) is 14.5.